The highest BCUT2D eigenvalue weighted by Gasteiger charge is 2.26. The van der Waals surface area contributed by atoms with Crippen molar-refractivity contribution in [3.63, 3.8) is 0 Å². The Morgan fingerprint density at radius 1 is 1.29 bits per heavy atom. The van der Waals surface area contributed by atoms with Crippen molar-refractivity contribution in [2.75, 3.05) is 26.7 Å². The maximum Gasteiger partial charge on any atom is 0.165 e. The molecule has 1 aromatic carbocycles. The molecule has 1 aliphatic heterocycles. The zero-order valence-electron chi connectivity index (χ0n) is 12.8. The van der Waals surface area contributed by atoms with E-state index in [1.54, 1.807) is 12.1 Å². The van der Waals surface area contributed by atoms with Crippen LogP contribution >= 0.6 is 0 Å². The van der Waals surface area contributed by atoms with Crippen molar-refractivity contribution in [1.29, 1.82) is 0 Å². The number of methoxy groups -OCH3 is 1. The molecule has 1 saturated carbocycles. The van der Waals surface area contributed by atoms with Gasteiger partial charge in [-0.3, -0.25) is 4.90 Å². The molecule has 0 amide bonds. The molecule has 0 spiro atoms. The molecule has 2 aliphatic rings. The van der Waals surface area contributed by atoms with Crippen LogP contribution in [0.25, 0.3) is 0 Å². The van der Waals surface area contributed by atoms with Crippen molar-refractivity contribution < 1.29 is 9.13 Å². The van der Waals surface area contributed by atoms with Crippen LogP contribution in [0.4, 0.5) is 4.39 Å². The van der Waals surface area contributed by atoms with Crippen LogP contribution in [0.15, 0.2) is 18.2 Å². The summed E-state index contributed by atoms with van der Waals surface area (Å²) in [5.74, 6) is 0.916. The van der Waals surface area contributed by atoms with E-state index in [1.807, 2.05) is 6.07 Å². The fraction of sp³-hybridized carbons (Fsp3) is 0.647. The third kappa shape index (κ3) is 4.17. The number of ether oxygens (including phenoxy) is 1. The lowest BCUT2D eigenvalue weighted by Crippen LogP contribution is -2.38. The monoisotopic (exact) mass is 292 g/mol. The minimum atomic E-state index is -0.264. The van der Waals surface area contributed by atoms with E-state index >= 15 is 0 Å². The highest BCUT2D eigenvalue weighted by atomic mass is 19.1. The van der Waals surface area contributed by atoms with Crippen LogP contribution in [0.2, 0.25) is 0 Å². The summed E-state index contributed by atoms with van der Waals surface area (Å²) in [5, 5.41) is 3.56. The van der Waals surface area contributed by atoms with Gasteiger partial charge in [-0.05, 0) is 55.8 Å². The minimum absolute atomic E-state index is 0.264. The van der Waals surface area contributed by atoms with Gasteiger partial charge in [0.05, 0.1) is 7.11 Å². The third-order valence-corrected chi connectivity index (χ3v) is 4.48. The zero-order valence-corrected chi connectivity index (χ0v) is 12.8. The summed E-state index contributed by atoms with van der Waals surface area (Å²) < 4.78 is 18.8. The molecule has 3 rings (SSSR count). The lowest BCUT2D eigenvalue weighted by Gasteiger charge is -2.26. The first-order chi connectivity index (χ1) is 10.2. The number of rotatable bonds is 7. The average Bonchev–Trinajstić information content (AvgIpc) is 3.12. The lowest BCUT2D eigenvalue weighted by atomic mass is 10.1. The molecule has 2 fully saturated rings. The Kier molecular flexibility index (Phi) is 4.76. The third-order valence-electron chi connectivity index (χ3n) is 4.48. The van der Waals surface area contributed by atoms with Gasteiger partial charge in [0.25, 0.3) is 0 Å². The predicted octanol–water partition coefficient (Wildman–Crippen LogP) is 2.80. The molecular weight excluding hydrogens is 267 g/mol. The minimum Gasteiger partial charge on any atom is -0.494 e. The first kappa shape index (κ1) is 14.8. The molecule has 0 bridgehead atoms. The maximum absolute atomic E-state index is 13.8. The van der Waals surface area contributed by atoms with Gasteiger partial charge in [0.1, 0.15) is 0 Å². The SMILES string of the molecule is COc1ccc(CN(CC2CC2)CC2CCCN2)cc1F. The summed E-state index contributed by atoms with van der Waals surface area (Å²) in [6, 6.07) is 5.92. The Bertz CT molecular complexity index is 470. The number of nitrogens with one attached hydrogen (secondary N) is 1. The molecule has 1 aliphatic carbocycles. The van der Waals surface area contributed by atoms with Gasteiger partial charge in [-0.25, -0.2) is 4.39 Å². The fourth-order valence-electron chi connectivity index (χ4n) is 3.16. The van der Waals surface area contributed by atoms with Crippen molar-refractivity contribution >= 4 is 0 Å². The largest absolute Gasteiger partial charge is 0.494 e. The van der Waals surface area contributed by atoms with Gasteiger partial charge in [-0.2, -0.15) is 0 Å². The van der Waals surface area contributed by atoms with E-state index in [0.717, 1.165) is 37.7 Å². The molecule has 1 aromatic rings. The summed E-state index contributed by atoms with van der Waals surface area (Å²) in [6.07, 6.45) is 5.24. The van der Waals surface area contributed by atoms with Crippen LogP contribution in [0.1, 0.15) is 31.2 Å². The van der Waals surface area contributed by atoms with Gasteiger partial charge in [-0.15, -0.1) is 0 Å². The van der Waals surface area contributed by atoms with Crippen molar-refractivity contribution in [2.24, 2.45) is 5.92 Å². The summed E-state index contributed by atoms with van der Waals surface area (Å²) >= 11 is 0. The van der Waals surface area contributed by atoms with Crippen LogP contribution in [-0.4, -0.2) is 37.7 Å². The quantitative estimate of drug-likeness (QED) is 0.836. The van der Waals surface area contributed by atoms with Crippen molar-refractivity contribution in [2.45, 2.75) is 38.3 Å². The van der Waals surface area contributed by atoms with Gasteiger partial charge in [0, 0.05) is 25.7 Å². The normalized spacial score (nSPS) is 22.0. The van der Waals surface area contributed by atoms with E-state index in [9.17, 15) is 4.39 Å². The second kappa shape index (κ2) is 6.75. The van der Waals surface area contributed by atoms with Crippen LogP contribution in [0, 0.1) is 11.7 Å². The number of halogens is 1. The fourth-order valence-corrected chi connectivity index (χ4v) is 3.16. The van der Waals surface area contributed by atoms with Gasteiger partial charge >= 0.3 is 0 Å². The van der Waals surface area contributed by atoms with E-state index in [4.69, 9.17) is 4.74 Å². The molecule has 1 N–H and O–H groups in total. The number of hydrogen-bond acceptors (Lipinski definition) is 3. The van der Waals surface area contributed by atoms with Crippen LogP contribution in [-0.2, 0) is 6.54 Å². The van der Waals surface area contributed by atoms with Crippen molar-refractivity contribution in [3.8, 4) is 5.75 Å². The van der Waals surface area contributed by atoms with E-state index in [1.165, 1.54) is 32.8 Å². The number of nitrogens with zero attached hydrogens (tertiary/aromatic N) is 1. The van der Waals surface area contributed by atoms with Crippen LogP contribution < -0.4 is 10.1 Å². The molecule has 0 aromatic heterocycles. The van der Waals surface area contributed by atoms with Crippen molar-refractivity contribution in [1.82, 2.24) is 10.2 Å². The Labute approximate surface area is 126 Å². The smallest absolute Gasteiger partial charge is 0.165 e. The van der Waals surface area contributed by atoms with E-state index in [-0.39, 0.29) is 5.82 Å². The Morgan fingerprint density at radius 3 is 2.76 bits per heavy atom. The molecular formula is C17H25FN2O. The molecule has 1 heterocycles. The first-order valence-corrected chi connectivity index (χ1v) is 8.03. The van der Waals surface area contributed by atoms with Crippen LogP contribution in [0.5, 0.6) is 5.75 Å². The van der Waals surface area contributed by atoms with E-state index in [2.05, 4.69) is 10.2 Å². The summed E-state index contributed by atoms with van der Waals surface area (Å²) in [5.41, 5.74) is 1.03. The Balaban J connectivity index is 1.63. The molecule has 1 unspecified atom stereocenters. The standard InChI is InChI=1S/C17H25FN2O/c1-21-17-7-6-14(9-16(17)18)11-20(10-13-4-5-13)12-15-3-2-8-19-15/h6-7,9,13,15,19H,2-5,8,10-12H2,1H3. The van der Waals surface area contributed by atoms with Gasteiger partial charge < -0.3 is 10.1 Å². The molecule has 1 saturated heterocycles. The molecule has 116 valence electrons. The first-order valence-electron chi connectivity index (χ1n) is 8.03. The average molecular weight is 292 g/mol. The Morgan fingerprint density at radius 2 is 2.14 bits per heavy atom. The maximum atomic E-state index is 13.8. The van der Waals surface area contributed by atoms with Gasteiger partial charge in [0.2, 0.25) is 0 Å². The Hall–Kier alpha value is -1.13. The highest BCUT2D eigenvalue weighted by Crippen LogP contribution is 2.30. The second-order valence-corrected chi connectivity index (χ2v) is 6.40. The molecule has 0 radical (unpaired) electrons. The molecule has 4 heteroatoms. The van der Waals surface area contributed by atoms with E-state index in [0.29, 0.717) is 11.8 Å². The predicted molar refractivity (Wildman–Crippen MR) is 82.0 cm³/mol. The molecule has 21 heavy (non-hydrogen) atoms. The number of hydrogen-bond donors (Lipinski definition) is 1. The summed E-state index contributed by atoms with van der Waals surface area (Å²) in [7, 11) is 1.50. The molecule has 3 nitrogen and oxygen atoms in total. The summed E-state index contributed by atoms with van der Waals surface area (Å²) in [4.78, 5) is 2.49. The topological polar surface area (TPSA) is 24.5 Å². The van der Waals surface area contributed by atoms with Crippen LogP contribution in [0.3, 0.4) is 0 Å². The highest BCUT2D eigenvalue weighted by molar-refractivity contribution is 5.29. The van der Waals surface area contributed by atoms with E-state index < -0.39 is 0 Å². The molecule has 1 atom stereocenters. The van der Waals surface area contributed by atoms with Gasteiger partial charge in [0.15, 0.2) is 11.6 Å². The summed E-state index contributed by atoms with van der Waals surface area (Å²) in [6.45, 7) is 4.19. The number of benzene rings is 1. The second-order valence-electron chi connectivity index (χ2n) is 6.40. The zero-order chi connectivity index (χ0) is 14.7. The van der Waals surface area contributed by atoms with Gasteiger partial charge in [-0.1, -0.05) is 6.07 Å². The lowest BCUT2D eigenvalue weighted by molar-refractivity contribution is 0.231. The van der Waals surface area contributed by atoms with Crippen molar-refractivity contribution in [3.05, 3.63) is 29.6 Å².